The van der Waals surface area contributed by atoms with Gasteiger partial charge in [-0.2, -0.15) is 18.3 Å². The van der Waals surface area contributed by atoms with Gasteiger partial charge < -0.3 is 9.57 Å². The number of nitrogens with zero attached hydrogens (tertiary/aromatic N) is 4. The molecule has 0 unspecified atom stereocenters. The lowest BCUT2D eigenvalue weighted by molar-refractivity contribution is -0.384. The Morgan fingerprint density at radius 2 is 2.12 bits per heavy atom. The molecule has 0 atom stereocenters. The second-order valence-corrected chi connectivity index (χ2v) is 5.04. The minimum Gasteiger partial charge on any atom is -0.471 e. The number of nitro groups is 1. The lowest BCUT2D eigenvalue weighted by Gasteiger charge is -2.09. The maximum Gasteiger partial charge on any atom is 0.435 e. The van der Waals surface area contributed by atoms with Crippen molar-refractivity contribution in [2.45, 2.75) is 13.1 Å². The van der Waals surface area contributed by atoms with Crippen molar-refractivity contribution in [3.05, 3.63) is 51.7 Å². The molecular weight excluding hydrogens is 357 g/mol. The van der Waals surface area contributed by atoms with E-state index in [4.69, 9.17) is 9.57 Å². The van der Waals surface area contributed by atoms with Gasteiger partial charge in [0, 0.05) is 30.8 Å². The van der Waals surface area contributed by atoms with Crippen molar-refractivity contribution in [3.8, 4) is 5.88 Å². The van der Waals surface area contributed by atoms with Gasteiger partial charge in [-0.1, -0.05) is 17.3 Å². The molecule has 0 fully saturated rings. The predicted molar refractivity (Wildman–Crippen MR) is 85.0 cm³/mol. The third-order valence-corrected chi connectivity index (χ3v) is 3.18. The molecule has 0 aliphatic rings. The van der Waals surface area contributed by atoms with E-state index in [0.717, 1.165) is 10.7 Å². The topological polar surface area (TPSA) is 91.8 Å². The van der Waals surface area contributed by atoms with Gasteiger partial charge in [0.25, 0.3) is 5.69 Å². The van der Waals surface area contributed by atoms with Gasteiger partial charge in [-0.25, -0.2) is 4.68 Å². The molecule has 0 aliphatic carbocycles. The van der Waals surface area contributed by atoms with Crippen LogP contribution in [0.1, 0.15) is 18.2 Å². The van der Waals surface area contributed by atoms with Crippen LogP contribution >= 0.6 is 0 Å². The minimum absolute atomic E-state index is 0.132. The average molecular weight is 372 g/mol. The van der Waals surface area contributed by atoms with Crippen LogP contribution in [0.25, 0.3) is 0 Å². The molecule has 1 aromatic heterocycles. The molecule has 0 saturated heterocycles. The smallest absolute Gasteiger partial charge is 0.435 e. The lowest BCUT2D eigenvalue weighted by Crippen LogP contribution is -2.15. The molecule has 11 heteroatoms. The molecule has 8 nitrogen and oxygen atoms in total. The van der Waals surface area contributed by atoms with Gasteiger partial charge in [-0.05, 0) is 6.92 Å². The van der Waals surface area contributed by atoms with Gasteiger partial charge in [-0.15, -0.1) is 0 Å². The first-order valence-corrected chi connectivity index (χ1v) is 7.40. The van der Waals surface area contributed by atoms with Crippen LogP contribution in [0.2, 0.25) is 0 Å². The number of aryl methyl sites for hydroxylation is 1. The van der Waals surface area contributed by atoms with Crippen LogP contribution in [-0.2, 0) is 18.1 Å². The number of nitro benzene ring substituents is 1. The summed E-state index contributed by atoms with van der Waals surface area (Å²) in [6.07, 6.45) is -4.60. The molecule has 0 N–H and O–H groups in total. The van der Waals surface area contributed by atoms with Crippen LogP contribution < -0.4 is 4.74 Å². The van der Waals surface area contributed by atoms with Crippen molar-refractivity contribution in [1.82, 2.24) is 9.78 Å². The fourth-order valence-electron chi connectivity index (χ4n) is 1.97. The Kier molecular flexibility index (Phi) is 5.80. The zero-order valence-corrected chi connectivity index (χ0v) is 13.9. The number of alkyl halides is 3. The summed E-state index contributed by atoms with van der Waals surface area (Å²) in [7, 11) is 1.30. The van der Waals surface area contributed by atoms with E-state index < -0.39 is 16.8 Å². The Morgan fingerprint density at radius 1 is 1.38 bits per heavy atom. The SMILES string of the molecule is CCON=C(COc1cc(C(F)(F)F)nn1C)c1cccc([N+](=O)[O-])c1. The number of hydrogen-bond acceptors (Lipinski definition) is 6. The van der Waals surface area contributed by atoms with E-state index in [1.807, 2.05) is 0 Å². The Labute approximate surface area is 146 Å². The number of halogens is 3. The molecule has 1 aromatic carbocycles. The Balaban J connectivity index is 2.23. The highest BCUT2D eigenvalue weighted by Gasteiger charge is 2.35. The van der Waals surface area contributed by atoms with Crippen molar-refractivity contribution < 1.29 is 27.7 Å². The zero-order valence-electron chi connectivity index (χ0n) is 13.9. The van der Waals surface area contributed by atoms with E-state index in [1.165, 1.54) is 25.2 Å². The zero-order chi connectivity index (χ0) is 19.3. The van der Waals surface area contributed by atoms with Crippen molar-refractivity contribution in [2.24, 2.45) is 12.2 Å². The van der Waals surface area contributed by atoms with Crippen molar-refractivity contribution in [3.63, 3.8) is 0 Å². The van der Waals surface area contributed by atoms with Crippen LogP contribution in [-0.4, -0.2) is 33.6 Å². The van der Waals surface area contributed by atoms with Gasteiger partial charge >= 0.3 is 6.18 Å². The fraction of sp³-hybridized carbons (Fsp3) is 0.333. The standard InChI is InChI=1S/C15H15F3N4O4/c1-3-26-20-12(10-5-4-6-11(7-10)22(23)24)9-25-14-8-13(15(16,17)18)19-21(14)2/h4-8H,3,9H2,1-2H3. The molecule has 2 aromatic rings. The molecule has 0 spiro atoms. The normalized spacial score (nSPS) is 12.1. The lowest BCUT2D eigenvalue weighted by atomic mass is 10.1. The number of hydrogen-bond donors (Lipinski definition) is 0. The number of rotatable bonds is 7. The molecular formula is C15H15F3N4O4. The van der Waals surface area contributed by atoms with Crippen LogP contribution in [0, 0.1) is 10.1 Å². The van der Waals surface area contributed by atoms with Gasteiger partial charge in [0.1, 0.15) is 18.9 Å². The second kappa shape index (κ2) is 7.85. The molecule has 1 heterocycles. The summed E-state index contributed by atoms with van der Waals surface area (Å²) in [4.78, 5) is 15.3. The van der Waals surface area contributed by atoms with E-state index in [-0.39, 0.29) is 30.5 Å². The Hall–Kier alpha value is -3.11. The Bertz CT molecular complexity index is 817. The monoisotopic (exact) mass is 372 g/mol. The van der Waals surface area contributed by atoms with Crippen LogP contribution in [0.15, 0.2) is 35.5 Å². The number of oxime groups is 1. The van der Waals surface area contributed by atoms with Crippen molar-refractivity contribution in [1.29, 1.82) is 0 Å². The van der Waals surface area contributed by atoms with Crippen LogP contribution in [0.4, 0.5) is 18.9 Å². The van der Waals surface area contributed by atoms with E-state index in [2.05, 4.69) is 10.3 Å². The van der Waals surface area contributed by atoms with Gasteiger partial charge in [0.2, 0.25) is 5.88 Å². The van der Waals surface area contributed by atoms with Crippen LogP contribution in [0.3, 0.4) is 0 Å². The number of ether oxygens (including phenoxy) is 1. The summed E-state index contributed by atoms with van der Waals surface area (Å²) in [5, 5.41) is 18.1. The summed E-state index contributed by atoms with van der Waals surface area (Å²) in [5.74, 6) is -0.132. The number of non-ortho nitro benzene ring substituents is 1. The summed E-state index contributed by atoms with van der Waals surface area (Å²) in [6, 6.07) is 6.34. The highest BCUT2D eigenvalue weighted by molar-refractivity contribution is 6.01. The molecule has 0 radical (unpaired) electrons. The number of aromatic nitrogens is 2. The molecule has 0 bridgehead atoms. The van der Waals surface area contributed by atoms with E-state index in [0.29, 0.717) is 5.56 Å². The quantitative estimate of drug-likeness (QED) is 0.423. The maximum absolute atomic E-state index is 12.7. The van der Waals surface area contributed by atoms with E-state index in [9.17, 15) is 23.3 Å². The van der Waals surface area contributed by atoms with E-state index in [1.54, 1.807) is 13.0 Å². The molecule has 0 amide bonds. The third kappa shape index (κ3) is 4.71. The largest absolute Gasteiger partial charge is 0.471 e. The summed E-state index contributed by atoms with van der Waals surface area (Å²) < 4.78 is 44.4. The fourth-order valence-corrected chi connectivity index (χ4v) is 1.97. The third-order valence-electron chi connectivity index (χ3n) is 3.18. The molecule has 0 aliphatic heterocycles. The molecule has 2 rings (SSSR count). The van der Waals surface area contributed by atoms with Gasteiger partial charge in [0.05, 0.1) is 4.92 Å². The first-order chi connectivity index (χ1) is 12.2. The van der Waals surface area contributed by atoms with Gasteiger partial charge in [0.15, 0.2) is 5.69 Å². The highest BCUT2D eigenvalue weighted by atomic mass is 19.4. The first kappa shape index (κ1) is 19.2. The predicted octanol–water partition coefficient (Wildman–Crippen LogP) is 3.17. The van der Waals surface area contributed by atoms with Crippen molar-refractivity contribution >= 4 is 11.4 Å². The highest BCUT2D eigenvalue weighted by Crippen LogP contribution is 2.30. The molecule has 140 valence electrons. The Morgan fingerprint density at radius 3 is 2.69 bits per heavy atom. The van der Waals surface area contributed by atoms with Crippen molar-refractivity contribution in [2.75, 3.05) is 13.2 Å². The summed E-state index contributed by atoms with van der Waals surface area (Å²) >= 11 is 0. The van der Waals surface area contributed by atoms with Gasteiger partial charge in [-0.3, -0.25) is 10.1 Å². The number of benzene rings is 1. The maximum atomic E-state index is 12.7. The van der Waals surface area contributed by atoms with E-state index >= 15 is 0 Å². The van der Waals surface area contributed by atoms with Crippen LogP contribution in [0.5, 0.6) is 5.88 Å². The first-order valence-electron chi connectivity index (χ1n) is 7.40. The summed E-state index contributed by atoms with van der Waals surface area (Å²) in [5.41, 5.74) is -0.712. The second-order valence-electron chi connectivity index (χ2n) is 5.04. The summed E-state index contributed by atoms with van der Waals surface area (Å²) in [6.45, 7) is 1.66. The molecule has 0 saturated carbocycles. The minimum atomic E-state index is -4.60. The molecule has 26 heavy (non-hydrogen) atoms. The average Bonchev–Trinajstić information content (AvgIpc) is 2.96.